The first-order chi connectivity index (χ1) is 8.03. The summed E-state index contributed by atoms with van der Waals surface area (Å²) in [6.07, 6.45) is 4.39. The summed E-state index contributed by atoms with van der Waals surface area (Å²) in [5.41, 5.74) is 5.44. The fourth-order valence-electron chi connectivity index (χ4n) is 2.69. The fourth-order valence-corrected chi connectivity index (χ4v) is 2.69. The highest BCUT2D eigenvalue weighted by atomic mass is 16.2. The van der Waals surface area contributed by atoms with Gasteiger partial charge in [0, 0.05) is 20.1 Å². The predicted molar refractivity (Wildman–Crippen MR) is 64.2 cm³/mol. The molecule has 0 bridgehead atoms. The number of nitrogens with zero attached hydrogens (tertiary/aromatic N) is 2. The average Bonchev–Trinajstić information content (AvgIpc) is 2.67. The summed E-state index contributed by atoms with van der Waals surface area (Å²) in [7, 11) is 1.78. The van der Waals surface area contributed by atoms with Gasteiger partial charge in [-0.25, -0.2) is 0 Å². The van der Waals surface area contributed by atoms with Crippen LogP contribution in [-0.4, -0.2) is 53.8 Å². The second kappa shape index (κ2) is 4.64. The van der Waals surface area contributed by atoms with Gasteiger partial charge in [-0.3, -0.25) is 9.59 Å². The maximum atomic E-state index is 12.4. The third-order valence-electron chi connectivity index (χ3n) is 3.88. The Balaban J connectivity index is 2.06. The van der Waals surface area contributed by atoms with Gasteiger partial charge in [0.05, 0.1) is 12.1 Å². The van der Waals surface area contributed by atoms with Gasteiger partial charge in [-0.15, -0.1) is 0 Å². The Hall–Kier alpha value is -1.10. The molecule has 1 saturated heterocycles. The van der Waals surface area contributed by atoms with Crippen LogP contribution in [0.1, 0.15) is 32.1 Å². The van der Waals surface area contributed by atoms with Crippen molar-refractivity contribution < 1.29 is 9.59 Å². The van der Waals surface area contributed by atoms with Gasteiger partial charge < -0.3 is 15.5 Å². The quantitative estimate of drug-likeness (QED) is 0.697. The molecule has 0 aromatic carbocycles. The average molecular weight is 239 g/mol. The van der Waals surface area contributed by atoms with Crippen molar-refractivity contribution in [3.05, 3.63) is 0 Å². The SMILES string of the molecule is CN1CCCN(C(=O)C2(N)CCCC2)CC1=O. The molecule has 0 atom stereocenters. The minimum Gasteiger partial charge on any atom is -0.344 e. The van der Waals surface area contributed by atoms with E-state index >= 15 is 0 Å². The molecular formula is C12H21N3O2. The highest BCUT2D eigenvalue weighted by molar-refractivity contribution is 5.90. The van der Waals surface area contributed by atoms with Crippen molar-refractivity contribution in [2.75, 3.05) is 26.7 Å². The zero-order valence-corrected chi connectivity index (χ0v) is 10.4. The normalized spacial score (nSPS) is 24.9. The molecule has 2 aliphatic rings. The maximum Gasteiger partial charge on any atom is 0.243 e. The van der Waals surface area contributed by atoms with Crippen LogP contribution in [0.25, 0.3) is 0 Å². The highest BCUT2D eigenvalue weighted by Crippen LogP contribution is 2.29. The van der Waals surface area contributed by atoms with Crippen LogP contribution in [0.15, 0.2) is 0 Å². The van der Waals surface area contributed by atoms with Crippen LogP contribution < -0.4 is 5.73 Å². The number of carbonyl (C=O) groups is 2. The van der Waals surface area contributed by atoms with Crippen molar-refractivity contribution in [2.45, 2.75) is 37.6 Å². The number of carbonyl (C=O) groups excluding carboxylic acids is 2. The third kappa shape index (κ3) is 2.44. The summed E-state index contributed by atoms with van der Waals surface area (Å²) >= 11 is 0. The molecule has 0 unspecified atom stereocenters. The first-order valence-electron chi connectivity index (χ1n) is 6.35. The molecule has 5 nitrogen and oxygen atoms in total. The van der Waals surface area contributed by atoms with Crippen LogP contribution in [0, 0.1) is 0 Å². The van der Waals surface area contributed by atoms with E-state index in [1.807, 2.05) is 0 Å². The maximum absolute atomic E-state index is 12.4. The van der Waals surface area contributed by atoms with Crippen LogP contribution in [0.3, 0.4) is 0 Å². The summed E-state index contributed by atoms with van der Waals surface area (Å²) < 4.78 is 0. The fraction of sp³-hybridized carbons (Fsp3) is 0.833. The van der Waals surface area contributed by atoms with E-state index in [-0.39, 0.29) is 18.4 Å². The second-order valence-electron chi connectivity index (χ2n) is 5.26. The van der Waals surface area contributed by atoms with Crippen molar-refractivity contribution in [1.82, 2.24) is 9.80 Å². The van der Waals surface area contributed by atoms with Crippen molar-refractivity contribution in [3.63, 3.8) is 0 Å². The number of nitrogens with two attached hydrogens (primary N) is 1. The predicted octanol–water partition coefficient (Wildman–Crippen LogP) is -0.0514. The van der Waals surface area contributed by atoms with Crippen LogP contribution in [-0.2, 0) is 9.59 Å². The van der Waals surface area contributed by atoms with Gasteiger partial charge >= 0.3 is 0 Å². The minimum atomic E-state index is -0.705. The van der Waals surface area contributed by atoms with E-state index in [0.29, 0.717) is 6.54 Å². The second-order valence-corrected chi connectivity index (χ2v) is 5.26. The summed E-state index contributed by atoms with van der Waals surface area (Å²) in [6.45, 7) is 1.56. The topological polar surface area (TPSA) is 66.6 Å². The lowest BCUT2D eigenvalue weighted by atomic mass is 9.97. The molecule has 0 aromatic heterocycles. The molecule has 0 radical (unpaired) electrons. The smallest absolute Gasteiger partial charge is 0.243 e. The molecule has 1 aliphatic heterocycles. The molecule has 2 N–H and O–H groups in total. The van der Waals surface area contributed by atoms with E-state index in [1.165, 1.54) is 0 Å². The molecule has 5 heteroatoms. The zero-order chi connectivity index (χ0) is 12.5. The monoisotopic (exact) mass is 239 g/mol. The number of likely N-dealkylation sites (N-methyl/N-ethyl adjacent to an activating group) is 1. The lowest BCUT2D eigenvalue weighted by molar-refractivity contribution is -0.141. The standard InChI is InChI=1S/C12H21N3O2/c1-14-7-4-8-15(9-10(14)16)11(17)12(13)5-2-3-6-12/h2-9,13H2,1H3. The Bertz CT molecular complexity index is 324. The summed E-state index contributed by atoms with van der Waals surface area (Å²) in [4.78, 5) is 27.4. The molecule has 1 aliphatic carbocycles. The van der Waals surface area contributed by atoms with Crippen molar-refractivity contribution in [1.29, 1.82) is 0 Å². The molecule has 2 rings (SSSR count). The van der Waals surface area contributed by atoms with E-state index < -0.39 is 5.54 Å². The molecule has 17 heavy (non-hydrogen) atoms. The Kier molecular flexibility index (Phi) is 3.38. The number of rotatable bonds is 1. The van der Waals surface area contributed by atoms with Gasteiger partial charge in [-0.05, 0) is 19.3 Å². The van der Waals surface area contributed by atoms with E-state index in [2.05, 4.69) is 0 Å². The van der Waals surface area contributed by atoms with Crippen LogP contribution in [0.4, 0.5) is 0 Å². The van der Waals surface area contributed by atoms with Crippen LogP contribution >= 0.6 is 0 Å². The molecular weight excluding hydrogens is 218 g/mol. The molecule has 96 valence electrons. The Morgan fingerprint density at radius 3 is 2.53 bits per heavy atom. The molecule has 1 heterocycles. The van der Waals surface area contributed by atoms with Crippen molar-refractivity contribution in [2.24, 2.45) is 5.73 Å². The molecule has 0 aromatic rings. The Morgan fingerprint density at radius 1 is 1.24 bits per heavy atom. The third-order valence-corrected chi connectivity index (χ3v) is 3.88. The highest BCUT2D eigenvalue weighted by Gasteiger charge is 2.40. The molecule has 2 fully saturated rings. The van der Waals surface area contributed by atoms with Gasteiger partial charge in [-0.2, -0.15) is 0 Å². The largest absolute Gasteiger partial charge is 0.344 e. The summed E-state index contributed by atoms with van der Waals surface area (Å²) in [5, 5.41) is 0. The van der Waals surface area contributed by atoms with E-state index in [1.54, 1.807) is 16.8 Å². The number of hydrogen-bond acceptors (Lipinski definition) is 3. The first kappa shape index (κ1) is 12.4. The molecule has 1 saturated carbocycles. The zero-order valence-electron chi connectivity index (χ0n) is 10.4. The van der Waals surface area contributed by atoms with Crippen molar-refractivity contribution in [3.8, 4) is 0 Å². The number of amides is 2. The van der Waals surface area contributed by atoms with E-state index in [0.717, 1.165) is 38.6 Å². The number of hydrogen-bond donors (Lipinski definition) is 1. The summed E-state index contributed by atoms with van der Waals surface area (Å²) in [6, 6.07) is 0. The van der Waals surface area contributed by atoms with Gasteiger partial charge in [0.2, 0.25) is 11.8 Å². The first-order valence-corrected chi connectivity index (χ1v) is 6.35. The Labute approximate surface area is 102 Å². The van der Waals surface area contributed by atoms with Gasteiger partial charge in [0.1, 0.15) is 0 Å². The van der Waals surface area contributed by atoms with Crippen LogP contribution in [0.2, 0.25) is 0 Å². The van der Waals surface area contributed by atoms with E-state index in [4.69, 9.17) is 5.73 Å². The lowest BCUT2D eigenvalue weighted by Crippen LogP contribution is -2.54. The van der Waals surface area contributed by atoms with Crippen molar-refractivity contribution >= 4 is 11.8 Å². The lowest BCUT2D eigenvalue weighted by Gasteiger charge is -2.30. The van der Waals surface area contributed by atoms with Gasteiger partial charge in [-0.1, -0.05) is 12.8 Å². The summed E-state index contributed by atoms with van der Waals surface area (Å²) in [5.74, 6) is -0.0175. The minimum absolute atomic E-state index is 0.0115. The van der Waals surface area contributed by atoms with Gasteiger partial charge in [0.15, 0.2) is 0 Å². The van der Waals surface area contributed by atoms with Gasteiger partial charge in [0.25, 0.3) is 0 Å². The molecule has 2 amide bonds. The Morgan fingerprint density at radius 2 is 1.88 bits per heavy atom. The molecule has 0 spiro atoms. The van der Waals surface area contributed by atoms with E-state index in [9.17, 15) is 9.59 Å². The van der Waals surface area contributed by atoms with Crippen LogP contribution in [0.5, 0.6) is 0 Å².